The van der Waals surface area contributed by atoms with Gasteiger partial charge in [0.15, 0.2) is 0 Å². The first-order valence-corrected chi connectivity index (χ1v) is 10.3. The highest BCUT2D eigenvalue weighted by atomic mass is 16.5. The second kappa shape index (κ2) is 9.80. The number of nitrogens with zero attached hydrogens (tertiary/aromatic N) is 5. The minimum atomic E-state index is 0.217. The van der Waals surface area contributed by atoms with E-state index in [4.69, 9.17) is 4.52 Å². The lowest BCUT2D eigenvalue weighted by Gasteiger charge is -2.34. The Hall–Kier alpha value is -2.25. The quantitative estimate of drug-likeness (QED) is 0.695. The van der Waals surface area contributed by atoms with Gasteiger partial charge in [0.2, 0.25) is 17.6 Å². The van der Waals surface area contributed by atoms with Crippen LogP contribution in [-0.4, -0.2) is 76.6 Å². The molecule has 2 heterocycles. The molecule has 152 valence electrons. The van der Waals surface area contributed by atoms with Crippen LogP contribution in [0.4, 0.5) is 0 Å². The molecule has 1 saturated heterocycles. The molecule has 0 aliphatic carbocycles. The lowest BCUT2D eigenvalue weighted by molar-refractivity contribution is -0.132. The van der Waals surface area contributed by atoms with E-state index in [0.717, 1.165) is 51.3 Å². The van der Waals surface area contributed by atoms with Crippen LogP contribution < -0.4 is 0 Å². The average Bonchev–Trinajstić information content (AvgIpc) is 3.19. The highest BCUT2D eigenvalue weighted by molar-refractivity contribution is 5.78. The Kier molecular flexibility index (Phi) is 7.17. The van der Waals surface area contributed by atoms with Gasteiger partial charge in [-0.2, -0.15) is 4.98 Å². The number of likely N-dealkylation sites (N-methyl/N-ethyl adjacent to an activating group) is 1. The van der Waals surface area contributed by atoms with E-state index >= 15 is 0 Å². The Labute approximate surface area is 167 Å². The van der Waals surface area contributed by atoms with Gasteiger partial charge in [0.05, 0.1) is 13.1 Å². The molecule has 1 amide bonds. The molecule has 1 aliphatic heterocycles. The van der Waals surface area contributed by atoms with Crippen molar-refractivity contribution in [3.8, 4) is 11.4 Å². The zero-order valence-corrected chi connectivity index (χ0v) is 17.2. The highest BCUT2D eigenvalue weighted by Gasteiger charge is 2.22. The molecule has 2 aromatic rings. The number of aromatic nitrogens is 2. The number of rotatable bonds is 8. The molecule has 1 fully saturated rings. The van der Waals surface area contributed by atoms with E-state index in [1.165, 1.54) is 5.56 Å². The molecule has 0 N–H and O–H groups in total. The SMILES string of the molecule is CCc1ccc(-c2noc(CN3CCN(CC(=O)N(CC)CC)CC3)n2)cc1. The number of carbonyl (C=O) groups excluding carboxylic acids is 1. The Morgan fingerprint density at radius 1 is 1.04 bits per heavy atom. The summed E-state index contributed by atoms with van der Waals surface area (Å²) in [7, 11) is 0. The van der Waals surface area contributed by atoms with Crippen LogP contribution in [0.25, 0.3) is 11.4 Å². The lowest BCUT2D eigenvalue weighted by Crippen LogP contribution is -2.49. The van der Waals surface area contributed by atoms with E-state index in [2.05, 4.69) is 39.0 Å². The van der Waals surface area contributed by atoms with Gasteiger partial charge in [0, 0.05) is 44.8 Å². The zero-order valence-electron chi connectivity index (χ0n) is 17.2. The third-order valence-electron chi connectivity index (χ3n) is 5.39. The molecule has 0 atom stereocenters. The highest BCUT2D eigenvalue weighted by Crippen LogP contribution is 2.18. The molecular formula is C21H31N5O2. The van der Waals surface area contributed by atoms with Gasteiger partial charge in [-0.05, 0) is 25.8 Å². The second-order valence-corrected chi connectivity index (χ2v) is 7.18. The van der Waals surface area contributed by atoms with E-state index in [-0.39, 0.29) is 5.91 Å². The number of benzene rings is 1. The minimum Gasteiger partial charge on any atom is -0.342 e. The van der Waals surface area contributed by atoms with Crippen molar-refractivity contribution in [2.24, 2.45) is 0 Å². The molecule has 7 nitrogen and oxygen atoms in total. The maximum Gasteiger partial charge on any atom is 0.241 e. The summed E-state index contributed by atoms with van der Waals surface area (Å²) in [5.74, 6) is 1.50. The van der Waals surface area contributed by atoms with Crippen LogP contribution in [0.5, 0.6) is 0 Å². The van der Waals surface area contributed by atoms with Crippen LogP contribution >= 0.6 is 0 Å². The van der Waals surface area contributed by atoms with Crippen molar-refractivity contribution in [3.05, 3.63) is 35.7 Å². The van der Waals surface area contributed by atoms with Crippen LogP contribution in [-0.2, 0) is 17.8 Å². The van der Waals surface area contributed by atoms with Gasteiger partial charge in [0.25, 0.3) is 0 Å². The summed E-state index contributed by atoms with van der Waals surface area (Å²) in [6, 6.07) is 8.28. The Bertz CT molecular complexity index is 746. The number of carbonyl (C=O) groups is 1. The molecule has 1 aromatic carbocycles. The molecule has 28 heavy (non-hydrogen) atoms. The standard InChI is InChI=1S/C21H31N5O2/c1-4-17-7-9-18(10-8-17)21-22-19(28-23-21)15-24-11-13-25(14-12-24)16-20(27)26(5-2)6-3/h7-10H,4-6,11-16H2,1-3H3. The maximum absolute atomic E-state index is 12.3. The monoisotopic (exact) mass is 385 g/mol. The third-order valence-corrected chi connectivity index (χ3v) is 5.39. The van der Waals surface area contributed by atoms with Crippen molar-refractivity contribution >= 4 is 5.91 Å². The van der Waals surface area contributed by atoms with Gasteiger partial charge in [-0.1, -0.05) is 36.3 Å². The van der Waals surface area contributed by atoms with Crippen LogP contribution in [0.2, 0.25) is 0 Å². The molecular weight excluding hydrogens is 354 g/mol. The summed E-state index contributed by atoms with van der Waals surface area (Å²) in [4.78, 5) is 23.2. The van der Waals surface area contributed by atoms with Crippen LogP contribution in [0.3, 0.4) is 0 Å². The van der Waals surface area contributed by atoms with Crippen molar-refractivity contribution in [1.82, 2.24) is 24.8 Å². The molecule has 0 saturated carbocycles. The number of piperazine rings is 1. The number of amides is 1. The molecule has 0 bridgehead atoms. The van der Waals surface area contributed by atoms with E-state index in [9.17, 15) is 4.79 Å². The summed E-state index contributed by atoms with van der Waals surface area (Å²) in [6.45, 7) is 12.5. The topological polar surface area (TPSA) is 65.7 Å². The Morgan fingerprint density at radius 2 is 1.68 bits per heavy atom. The summed E-state index contributed by atoms with van der Waals surface area (Å²) >= 11 is 0. The van der Waals surface area contributed by atoms with Crippen molar-refractivity contribution in [1.29, 1.82) is 0 Å². The number of hydrogen-bond acceptors (Lipinski definition) is 6. The van der Waals surface area contributed by atoms with Gasteiger partial charge in [-0.25, -0.2) is 0 Å². The summed E-state index contributed by atoms with van der Waals surface area (Å²) in [5, 5.41) is 4.13. The zero-order chi connectivity index (χ0) is 19.9. The number of hydrogen-bond donors (Lipinski definition) is 0. The normalized spacial score (nSPS) is 15.7. The van der Waals surface area contributed by atoms with E-state index < -0.39 is 0 Å². The van der Waals surface area contributed by atoms with Crippen LogP contribution in [0.1, 0.15) is 32.2 Å². The predicted molar refractivity (Wildman–Crippen MR) is 109 cm³/mol. The largest absolute Gasteiger partial charge is 0.342 e. The van der Waals surface area contributed by atoms with Gasteiger partial charge in [-0.15, -0.1) is 0 Å². The molecule has 0 radical (unpaired) electrons. The minimum absolute atomic E-state index is 0.217. The fraction of sp³-hybridized carbons (Fsp3) is 0.571. The predicted octanol–water partition coefficient (Wildman–Crippen LogP) is 2.28. The summed E-state index contributed by atoms with van der Waals surface area (Å²) in [5.41, 5.74) is 2.27. The first-order chi connectivity index (χ1) is 13.6. The Morgan fingerprint density at radius 3 is 2.29 bits per heavy atom. The smallest absolute Gasteiger partial charge is 0.241 e. The van der Waals surface area contributed by atoms with E-state index in [0.29, 0.717) is 24.8 Å². The lowest BCUT2D eigenvalue weighted by atomic mass is 10.1. The third kappa shape index (κ3) is 5.17. The van der Waals surface area contributed by atoms with Gasteiger partial charge < -0.3 is 9.42 Å². The number of aryl methyl sites for hydroxylation is 1. The van der Waals surface area contributed by atoms with Crippen LogP contribution in [0.15, 0.2) is 28.8 Å². The van der Waals surface area contributed by atoms with E-state index in [1.807, 2.05) is 30.9 Å². The second-order valence-electron chi connectivity index (χ2n) is 7.18. The fourth-order valence-electron chi connectivity index (χ4n) is 3.49. The molecule has 0 unspecified atom stereocenters. The van der Waals surface area contributed by atoms with Gasteiger partial charge >= 0.3 is 0 Å². The van der Waals surface area contributed by atoms with Gasteiger partial charge in [-0.3, -0.25) is 14.6 Å². The van der Waals surface area contributed by atoms with E-state index in [1.54, 1.807) is 0 Å². The van der Waals surface area contributed by atoms with Crippen molar-refractivity contribution in [3.63, 3.8) is 0 Å². The molecule has 0 spiro atoms. The molecule has 7 heteroatoms. The maximum atomic E-state index is 12.3. The average molecular weight is 386 g/mol. The summed E-state index contributed by atoms with van der Waals surface area (Å²) < 4.78 is 5.45. The fourth-order valence-corrected chi connectivity index (χ4v) is 3.49. The molecule has 3 rings (SSSR count). The van der Waals surface area contributed by atoms with Crippen molar-refractivity contribution in [2.45, 2.75) is 33.7 Å². The molecule has 1 aromatic heterocycles. The first kappa shape index (κ1) is 20.5. The first-order valence-electron chi connectivity index (χ1n) is 10.3. The van der Waals surface area contributed by atoms with Gasteiger partial charge in [0.1, 0.15) is 0 Å². The van der Waals surface area contributed by atoms with Crippen molar-refractivity contribution in [2.75, 3.05) is 45.8 Å². The van der Waals surface area contributed by atoms with Crippen LogP contribution in [0, 0.1) is 0 Å². The van der Waals surface area contributed by atoms with Crippen molar-refractivity contribution < 1.29 is 9.32 Å². The Balaban J connectivity index is 1.48. The molecule has 1 aliphatic rings. The summed E-state index contributed by atoms with van der Waals surface area (Å²) in [6.07, 6.45) is 1.02.